The molecule has 0 bridgehead atoms. The minimum Gasteiger partial charge on any atom is -0.422 e. The van der Waals surface area contributed by atoms with Gasteiger partial charge in [0.05, 0.1) is 5.56 Å². The first-order valence-corrected chi connectivity index (χ1v) is 8.33. The van der Waals surface area contributed by atoms with Crippen molar-refractivity contribution in [1.82, 2.24) is 0 Å². The predicted octanol–water partition coefficient (Wildman–Crippen LogP) is 5.83. The third kappa shape index (κ3) is 2.87. The van der Waals surface area contributed by atoms with E-state index in [1.165, 1.54) is 0 Å². The lowest BCUT2D eigenvalue weighted by Gasteiger charge is -2.12. The van der Waals surface area contributed by atoms with Gasteiger partial charge in [0.1, 0.15) is 5.75 Å². The highest BCUT2D eigenvalue weighted by Gasteiger charge is 2.14. The first-order valence-electron chi connectivity index (χ1n) is 8.33. The van der Waals surface area contributed by atoms with E-state index in [1.807, 2.05) is 50.2 Å². The van der Waals surface area contributed by atoms with Gasteiger partial charge in [-0.3, -0.25) is 0 Å². The molecule has 0 atom stereocenters. The molecule has 25 heavy (non-hydrogen) atoms. The molecule has 0 spiro atoms. The number of hydrogen-bond acceptors (Lipinski definition) is 2. The summed E-state index contributed by atoms with van der Waals surface area (Å²) < 4.78 is 5.88. The third-order valence-electron chi connectivity index (χ3n) is 4.45. The molecule has 0 radical (unpaired) electrons. The van der Waals surface area contributed by atoms with Crippen molar-refractivity contribution in [2.75, 3.05) is 0 Å². The van der Waals surface area contributed by atoms with E-state index in [9.17, 15) is 4.79 Å². The quantitative estimate of drug-likeness (QED) is 0.263. The zero-order chi connectivity index (χ0) is 17.4. The lowest BCUT2D eigenvalue weighted by atomic mass is 10.0. The SMILES string of the molecule is Cc1ccc(C(=O)Oc2c3ccccc3cc3ccc(C)cc23)cc1. The normalized spacial score (nSPS) is 11.0. The van der Waals surface area contributed by atoms with Crippen molar-refractivity contribution in [1.29, 1.82) is 0 Å². The van der Waals surface area contributed by atoms with Gasteiger partial charge in [0, 0.05) is 10.8 Å². The number of esters is 1. The van der Waals surface area contributed by atoms with Gasteiger partial charge in [-0.05, 0) is 48.9 Å². The minimum absolute atomic E-state index is 0.334. The van der Waals surface area contributed by atoms with Crippen LogP contribution in [0.25, 0.3) is 21.5 Å². The van der Waals surface area contributed by atoms with E-state index < -0.39 is 0 Å². The maximum absolute atomic E-state index is 12.7. The molecular weight excluding hydrogens is 308 g/mol. The summed E-state index contributed by atoms with van der Waals surface area (Å²) in [4.78, 5) is 12.7. The van der Waals surface area contributed by atoms with Crippen LogP contribution in [0.2, 0.25) is 0 Å². The number of rotatable bonds is 2. The highest BCUT2D eigenvalue weighted by molar-refractivity contribution is 6.07. The van der Waals surface area contributed by atoms with Crippen molar-refractivity contribution in [3.8, 4) is 5.75 Å². The van der Waals surface area contributed by atoms with E-state index in [0.717, 1.165) is 32.7 Å². The molecule has 4 aromatic rings. The largest absolute Gasteiger partial charge is 0.422 e. The van der Waals surface area contributed by atoms with Crippen molar-refractivity contribution in [3.63, 3.8) is 0 Å². The Hall–Kier alpha value is -3.13. The second-order valence-corrected chi connectivity index (χ2v) is 6.41. The molecule has 0 amide bonds. The predicted molar refractivity (Wildman–Crippen MR) is 102 cm³/mol. The molecule has 0 saturated carbocycles. The molecule has 2 heteroatoms. The fourth-order valence-corrected chi connectivity index (χ4v) is 3.09. The van der Waals surface area contributed by atoms with Gasteiger partial charge in [-0.25, -0.2) is 4.79 Å². The highest BCUT2D eigenvalue weighted by Crippen LogP contribution is 2.35. The molecule has 0 unspecified atom stereocenters. The first-order chi connectivity index (χ1) is 12.1. The van der Waals surface area contributed by atoms with Crippen LogP contribution in [-0.2, 0) is 0 Å². The average Bonchev–Trinajstić information content (AvgIpc) is 2.62. The van der Waals surface area contributed by atoms with E-state index in [2.05, 4.69) is 24.3 Å². The van der Waals surface area contributed by atoms with Crippen LogP contribution >= 0.6 is 0 Å². The Labute approximate surface area is 146 Å². The highest BCUT2D eigenvalue weighted by atomic mass is 16.5. The van der Waals surface area contributed by atoms with Gasteiger partial charge in [-0.15, -0.1) is 0 Å². The molecule has 0 heterocycles. The van der Waals surface area contributed by atoms with Crippen LogP contribution in [0.3, 0.4) is 0 Å². The lowest BCUT2D eigenvalue weighted by molar-refractivity contribution is 0.0739. The van der Waals surface area contributed by atoms with Gasteiger partial charge in [0.15, 0.2) is 0 Å². The summed E-state index contributed by atoms with van der Waals surface area (Å²) in [6, 6.07) is 23.8. The number of benzene rings is 4. The third-order valence-corrected chi connectivity index (χ3v) is 4.45. The Kier molecular flexibility index (Phi) is 3.73. The fraction of sp³-hybridized carbons (Fsp3) is 0.0870. The Bertz CT molecular complexity index is 1090. The van der Waals surface area contributed by atoms with Gasteiger partial charge in [0.2, 0.25) is 0 Å². The summed E-state index contributed by atoms with van der Waals surface area (Å²) in [5, 5.41) is 4.03. The number of ether oxygens (including phenoxy) is 1. The molecule has 122 valence electrons. The van der Waals surface area contributed by atoms with Gasteiger partial charge >= 0.3 is 5.97 Å². The van der Waals surface area contributed by atoms with Crippen molar-refractivity contribution in [2.24, 2.45) is 0 Å². The second kappa shape index (κ2) is 6.06. The Morgan fingerprint density at radius 1 is 0.720 bits per heavy atom. The fourth-order valence-electron chi connectivity index (χ4n) is 3.09. The molecule has 4 aromatic carbocycles. The number of hydrogen-bond donors (Lipinski definition) is 0. The molecule has 0 fully saturated rings. The van der Waals surface area contributed by atoms with E-state index in [-0.39, 0.29) is 5.97 Å². The van der Waals surface area contributed by atoms with Crippen molar-refractivity contribution in [3.05, 3.63) is 89.5 Å². The van der Waals surface area contributed by atoms with E-state index in [0.29, 0.717) is 11.3 Å². The van der Waals surface area contributed by atoms with Crippen LogP contribution in [0.15, 0.2) is 72.8 Å². The topological polar surface area (TPSA) is 26.3 Å². The molecule has 2 nitrogen and oxygen atoms in total. The minimum atomic E-state index is -0.334. The zero-order valence-corrected chi connectivity index (χ0v) is 14.2. The van der Waals surface area contributed by atoms with Crippen LogP contribution in [0.4, 0.5) is 0 Å². The molecule has 0 aliphatic heterocycles. The van der Waals surface area contributed by atoms with Gasteiger partial charge in [-0.1, -0.05) is 59.7 Å². The van der Waals surface area contributed by atoms with Crippen LogP contribution in [0, 0.1) is 13.8 Å². The van der Waals surface area contributed by atoms with Crippen molar-refractivity contribution in [2.45, 2.75) is 13.8 Å². The maximum atomic E-state index is 12.7. The van der Waals surface area contributed by atoms with Crippen LogP contribution < -0.4 is 4.74 Å². The zero-order valence-electron chi connectivity index (χ0n) is 14.2. The molecule has 4 rings (SSSR count). The van der Waals surface area contributed by atoms with Crippen LogP contribution in [0.5, 0.6) is 5.75 Å². The smallest absolute Gasteiger partial charge is 0.343 e. The van der Waals surface area contributed by atoms with Gasteiger partial charge < -0.3 is 4.74 Å². The summed E-state index contributed by atoms with van der Waals surface area (Å²) in [6.45, 7) is 4.04. The van der Waals surface area contributed by atoms with Crippen molar-refractivity contribution >= 4 is 27.5 Å². The summed E-state index contributed by atoms with van der Waals surface area (Å²) in [5.41, 5.74) is 2.80. The van der Waals surface area contributed by atoms with E-state index in [1.54, 1.807) is 12.1 Å². The maximum Gasteiger partial charge on any atom is 0.343 e. The Balaban J connectivity index is 1.89. The number of carbonyl (C=O) groups excluding carboxylic acids is 1. The average molecular weight is 326 g/mol. The summed E-state index contributed by atoms with van der Waals surface area (Å²) in [7, 11) is 0. The number of fused-ring (bicyclic) bond motifs is 2. The van der Waals surface area contributed by atoms with Crippen LogP contribution in [0.1, 0.15) is 21.5 Å². The van der Waals surface area contributed by atoms with Crippen molar-refractivity contribution < 1.29 is 9.53 Å². The molecule has 0 aliphatic carbocycles. The number of carbonyl (C=O) groups is 1. The van der Waals surface area contributed by atoms with Crippen LogP contribution in [-0.4, -0.2) is 5.97 Å². The Morgan fingerprint density at radius 2 is 1.40 bits per heavy atom. The standard InChI is InChI=1S/C23H18O2/c1-15-7-10-17(11-8-15)23(24)25-22-20-6-4-3-5-18(20)14-19-12-9-16(2)13-21(19)22/h3-14H,1-2H3. The summed E-state index contributed by atoms with van der Waals surface area (Å²) in [5.74, 6) is 0.293. The lowest BCUT2D eigenvalue weighted by Crippen LogP contribution is -2.09. The molecule has 0 aromatic heterocycles. The van der Waals surface area contributed by atoms with Gasteiger partial charge in [-0.2, -0.15) is 0 Å². The second-order valence-electron chi connectivity index (χ2n) is 6.41. The monoisotopic (exact) mass is 326 g/mol. The van der Waals surface area contributed by atoms with E-state index in [4.69, 9.17) is 4.74 Å². The van der Waals surface area contributed by atoms with Gasteiger partial charge in [0.25, 0.3) is 0 Å². The molecule has 0 N–H and O–H groups in total. The van der Waals surface area contributed by atoms with E-state index >= 15 is 0 Å². The first kappa shape index (κ1) is 15.4. The molecule has 0 saturated heterocycles. The number of aryl methyl sites for hydroxylation is 2. The molecule has 0 aliphatic rings. The summed E-state index contributed by atoms with van der Waals surface area (Å²) in [6.07, 6.45) is 0. The Morgan fingerprint density at radius 3 is 2.20 bits per heavy atom. The molecular formula is C23H18O2. The summed E-state index contributed by atoms with van der Waals surface area (Å²) >= 11 is 0.